The minimum Gasteiger partial charge on any atom is -0.351 e. The van der Waals surface area contributed by atoms with Crippen molar-refractivity contribution in [2.45, 2.75) is 32.6 Å². The van der Waals surface area contributed by atoms with Crippen LogP contribution >= 0.6 is 11.5 Å². The lowest BCUT2D eigenvalue weighted by molar-refractivity contribution is -0.130. The molecule has 0 radical (unpaired) electrons. The van der Waals surface area contributed by atoms with Crippen molar-refractivity contribution in [3.63, 3.8) is 0 Å². The molecular formula is C17H23N5O2S. The Kier molecular flexibility index (Phi) is 5.80. The van der Waals surface area contributed by atoms with Crippen LogP contribution in [0.4, 0.5) is 0 Å². The number of amides is 2. The summed E-state index contributed by atoms with van der Waals surface area (Å²) in [4.78, 5) is 26.9. The Morgan fingerprint density at radius 1 is 1.48 bits per heavy atom. The molecule has 25 heavy (non-hydrogen) atoms. The number of carbonyl (C=O) groups is 2. The minimum absolute atomic E-state index is 0.0587. The molecule has 1 aliphatic heterocycles. The van der Waals surface area contributed by atoms with Crippen LogP contribution in [0.2, 0.25) is 0 Å². The molecule has 0 spiro atoms. The lowest BCUT2D eigenvalue weighted by Gasteiger charge is -2.16. The van der Waals surface area contributed by atoms with Gasteiger partial charge in [-0.1, -0.05) is 0 Å². The Morgan fingerprint density at radius 2 is 2.36 bits per heavy atom. The van der Waals surface area contributed by atoms with Crippen LogP contribution < -0.4 is 5.32 Å². The molecule has 2 N–H and O–H groups in total. The molecule has 2 aromatic heterocycles. The SMILES string of the molecule is Cc1cc(C(=O)NCCC2CCN(C(=O)CCc3cn[nH]c3)C2)sn1. The number of aromatic nitrogens is 3. The molecular weight excluding hydrogens is 338 g/mol. The number of aromatic amines is 1. The second kappa shape index (κ2) is 8.24. The van der Waals surface area contributed by atoms with Crippen molar-refractivity contribution in [2.75, 3.05) is 19.6 Å². The summed E-state index contributed by atoms with van der Waals surface area (Å²) in [5.74, 6) is 0.603. The maximum absolute atomic E-state index is 12.3. The third-order valence-electron chi connectivity index (χ3n) is 4.51. The predicted molar refractivity (Wildman–Crippen MR) is 95.4 cm³/mol. The van der Waals surface area contributed by atoms with Gasteiger partial charge in [0.1, 0.15) is 4.88 Å². The maximum atomic E-state index is 12.3. The van der Waals surface area contributed by atoms with Crippen LogP contribution in [0, 0.1) is 12.8 Å². The average molecular weight is 361 g/mol. The molecule has 0 aromatic carbocycles. The second-order valence-corrected chi connectivity index (χ2v) is 7.28. The maximum Gasteiger partial charge on any atom is 0.262 e. The molecule has 0 saturated carbocycles. The number of hydrogen-bond acceptors (Lipinski definition) is 5. The van der Waals surface area contributed by atoms with E-state index in [1.54, 1.807) is 12.3 Å². The number of aryl methyl sites for hydroxylation is 2. The molecule has 3 heterocycles. The van der Waals surface area contributed by atoms with E-state index in [1.807, 2.05) is 18.0 Å². The van der Waals surface area contributed by atoms with E-state index in [1.165, 1.54) is 11.5 Å². The van der Waals surface area contributed by atoms with Gasteiger partial charge in [0.15, 0.2) is 0 Å². The Hall–Kier alpha value is -2.22. The molecule has 8 heteroatoms. The first-order valence-corrected chi connectivity index (χ1v) is 9.36. The smallest absolute Gasteiger partial charge is 0.262 e. The van der Waals surface area contributed by atoms with Crippen molar-refractivity contribution in [1.82, 2.24) is 24.8 Å². The summed E-state index contributed by atoms with van der Waals surface area (Å²) < 4.78 is 4.12. The Bertz CT molecular complexity index is 712. The molecule has 7 nitrogen and oxygen atoms in total. The van der Waals surface area contributed by atoms with Crippen LogP contribution in [0.5, 0.6) is 0 Å². The van der Waals surface area contributed by atoms with Gasteiger partial charge < -0.3 is 10.2 Å². The molecule has 1 fully saturated rings. The first-order valence-electron chi connectivity index (χ1n) is 8.59. The van der Waals surface area contributed by atoms with E-state index in [0.717, 1.165) is 43.6 Å². The van der Waals surface area contributed by atoms with Gasteiger partial charge in [0, 0.05) is 32.3 Å². The van der Waals surface area contributed by atoms with Crippen LogP contribution in [0.15, 0.2) is 18.5 Å². The molecule has 2 amide bonds. The zero-order chi connectivity index (χ0) is 17.6. The first kappa shape index (κ1) is 17.6. The molecule has 0 aliphatic carbocycles. The van der Waals surface area contributed by atoms with E-state index < -0.39 is 0 Å². The van der Waals surface area contributed by atoms with Gasteiger partial charge in [-0.2, -0.15) is 9.47 Å². The minimum atomic E-state index is -0.0587. The molecule has 2 aromatic rings. The zero-order valence-corrected chi connectivity index (χ0v) is 15.1. The summed E-state index contributed by atoms with van der Waals surface area (Å²) in [5, 5.41) is 9.60. The zero-order valence-electron chi connectivity index (χ0n) is 14.3. The number of nitrogens with zero attached hydrogens (tertiary/aromatic N) is 3. The number of nitrogens with one attached hydrogen (secondary N) is 2. The van der Waals surface area contributed by atoms with E-state index in [2.05, 4.69) is 19.9 Å². The highest BCUT2D eigenvalue weighted by Gasteiger charge is 2.25. The number of carbonyl (C=O) groups excluding carboxylic acids is 2. The van der Waals surface area contributed by atoms with Crippen LogP contribution in [0.25, 0.3) is 0 Å². The highest BCUT2D eigenvalue weighted by atomic mass is 32.1. The fourth-order valence-corrected chi connectivity index (χ4v) is 3.74. The van der Waals surface area contributed by atoms with Crippen molar-refractivity contribution in [3.05, 3.63) is 34.6 Å². The fraction of sp³-hybridized carbons (Fsp3) is 0.529. The summed E-state index contributed by atoms with van der Waals surface area (Å²) >= 11 is 1.23. The largest absolute Gasteiger partial charge is 0.351 e. The molecule has 134 valence electrons. The standard InChI is InChI=1S/C17H23N5O2S/c1-12-8-15(25-21-12)17(24)18-6-4-13-5-7-22(11-13)16(23)3-2-14-9-19-20-10-14/h8-10,13H,2-7,11H2,1H3,(H,18,24)(H,19,20). The molecule has 1 aliphatic rings. The second-order valence-electron chi connectivity index (χ2n) is 6.48. The van der Waals surface area contributed by atoms with Crippen LogP contribution in [0.1, 0.15) is 40.2 Å². The van der Waals surface area contributed by atoms with Gasteiger partial charge in [-0.25, -0.2) is 0 Å². The van der Waals surface area contributed by atoms with Gasteiger partial charge in [0.05, 0.1) is 11.9 Å². The lowest BCUT2D eigenvalue weighted by atomic mass is 10.1. The Labute approximate surface area is 151 Å². The van der Waals surface area contributed by atoms with Crippen molar-refractivity contribution in [3.8, 4) is 0 Å². The Morgan fingerprint density at radius 3 is 3.08 bits per heavy atom. The monoisotopic (exact) mass is 361 g/mol. The van der Waals surface area contributed by atoms with Crippen LogP contribution in [0.3, 0.4) is 0 Å². The van der Waals surface area contributed by atoms with Crippen molar-refractivity contribution < 1.29 is 9.59 Å². The van der Waals surface area contributed by atoms with Gasteiger partial charge >= 0.3 is 0 Å². The molecule has 0 bridgehead atoms. The van der Waals surface area contributed by atoms with E-state index in [-0.39, 0.29) is 11.8 Å². The van der Waals surface area contributed by atoms with Gasteiger partial charge in [-0.15, -0.1) is 0 Å². The fourth-order valence-electron chi connectivity index (χ4n) is 3.07. The molecule has 1 saturated heterocycles. The van der Waals surface area contributed by atoms with Gasteiger partial charge in [-0.3, -0.25) is 14.7 Å². The third kappa shape index (κ3) is 4.88. The van der Waals surface area contributed by atoms with Crippen molar-refractivity contribution >= 4 is 23.3 Å². The quantitative estimate of drug-likeness (QED) is 0.786. The molecule has 3 rings (SSSR count). The van der Waals surface area contributed by atoms with E-state index in [0.29, 0.717) is 23.8 Å². The van der Waals surface area contributed by atoms with Crippen molar-refractivity contribution in [1.29, 1.82) is 0 Å². The number of hydrogen-bond donors (Lipinski definition) is 2. The summed E-state index contributed by atoms with van der Waals surface area (Å²) in [6, 6.07) is 1.80. The molecule has 1 unspecified atom stereocenters. The topological polar surface area (TPSA) is 91.0 Å². The van der Waals surface area contributed by atoms with E-state index in [4.69, 9.17) is 0 Å². The summed E-state index contributed by atoms with van der Waals surface area (Å²) in [6.07, 6.45) is 6.73. The molecule has 1 atom stereocenters. The third-order valence-corrected chi connectivity index (χ3v) is 5.39. The van der Waals surface area contributed by atoms with Crippen molar-refractivity contribution in [2.24, 2.45) is 5.92 Å². The van der Waals surface area contributed by atoms with Gasteiger partial charge in [0.2, 0.25) is 5.91 Å². The number of likely N-dealkylation sites (tertiary alicyclic amines) is 1. The normalized spacial score (nSPS) is 17.0. The van der Waals surface area contributed by atoms with Gasteiger partial charge in [0.25, 0.3) is 5.91 Å². The highest BCUT2D eigenvalue weighted by molar-refractivity contribution is 7.08. The summed E-state index contributed by atoms with van der Waals surface area (Å²) in [5.41, 5.74) is 1.93. The van der Waals surface area contributed by atoms with Gasteiger partial charge in [-0.05, 0) is 55.3 Å². The summed E-state index contributed by atoms with van der Waals surface area (Å²) in [7, 11) is 0. The highest BCUT2D eigenvalue weighted by Crippen LogP contribution is 2.20. The van der Waals surface area contributed by atoms with Crippen LogP contribution in [-0.4, -0.2) is 50.9 Å². The first-order chi connectivity index (χ1) is 12.1. The number of rotatable bonds is 7. The lowest BCUT2D eigenvalue weighted by Crippen LogP contribution is -2.30. The van der Waals surface area contributed by atoms with E-state index in [9.17, 15) is 9.59 Å². The predicted octanol–water partition coefficient (Wildman–Crippen LogP) is 1.78. The van der Waals surface area contributed by atoms with E-state index >= 15 is 0 Å². The van der Waals surface area contributed by atoms with Crippen LogP contribution in [-0.2, 0) is 11.2 Å². The number of H-pyrrole nitrogens is 1. The average Bonchev–Trinajstić information content (AvgIpc) is 3.34. The summed E-state index contributed by atoms with van der Waals surface area (Å²) in [6.45, 7) is 4.12. The Balaban J connectivity index is 1.35.